The lowest BCUT2D eigenvalue weighted by Gasteiger charge is -2.30. The van der Waals surface area contributed by atoms with Crippen LogP contribution in [0.25, 0.3) is 0 Å². The number of rotatable bonds is 5. The Morgan fingerprint density at radius 2 is 1.75 bits per heavy atom. The first-order valence-electron chi connectivity index (χ1n) is 8.00. The molecular weight excluding hydrogens is 322 g/mol. The predicted octanol–water partition coefficient (Wildman–Crippen LogP) is 3.39. The number of carbonyl (C=O) groups is 1. The van der Waals surface area contributed by atoms with Gasteiger partial charge in [-0.3, -0.25) is 4.79 Å². The Bertz CT molecular complexity index is 654. The fourth-order valence-corrected chi connectivity index (χ4v) is 3.74. The van der Waals surface area contributed by atoms with E-state index in [9.17, 15) is 4.79 Å². The van der Waals surface area contributed by atoms with Crippen molar-refractivity contribution >= 4 is 17.7 Å². The maximum absolute atomic E-state index is 13.1. The maximum atomic E-state index is 13.1. The molecule has 1 atom stereocenters. The molecule has 3 rings (SSSR count). The van der Waals surface area contributed by atoms with Crippen LogP contribution in [0.2, 0.25) is 0 Å². The van der Waals surface area contributed by atoms with Gasteiger partial charge >= 0.3 is 0 Å². The van der Waals surface area contributed by atoms with Crippen LogP contribution in [0.15, 0.2) is 59.5 Å². The Morgan fingerprint density at radius 1 is 1.08 bits per heavy atom. The quantitative estimate of drug-likeness (QED) is 0.780. The van der Waals surface area contributed by atoms with Crippen molar-refractivity contribution in [3.63, 3.8) is 0 Å². The third-order valence-electron chi connectivity index (χ3n) is 3.96. The fourth-order valence-electron chi connectivity index (χ4n) is 2.63. The Morgan fingerprint density at radius 3 is 2.38 bits per heavy atom. The normalized spacial score (nSPS) is 15.8. The third-order valence-corrected chi connectivity index (χ3v) is 5.22. The van der Waals surface area contributed by atoms with E-state index in [2.05, 4.69) is 0 Å². The molecule has 0 unspecified atom stereocenters. The molecule has 0 aromatic heterocycles. The van der Waals surface area contributed by atoms with E-state index in [1.165, 1.54) is 0 Å². The molecule has 4 nitrogen and oxygen atoms in total. The van der Waals surface area contributed by atoms with Crippen LogP contribution in [0, 0.1) is 0 Å². The second kappa shape index (κ2) is 8.22. The molecule has 24 heavy (non-hydrogen) atoms. The predicted molar refractivity (Wildman–Crippen MR) is 95.4 cm³/mol. The lowest BCUT2D eigenvalue weighted by Crippen LogP contribution is -2.42. The summed E-state index contributed by atoms with van der Waals surface area (Å²) in [6, 6.07) is 17.8. The van der Waals surface area contributed by atoms with Crippen LogP contribution in [0.3, 0.4) is 0 Å². The van der Waals surface area contributed by atoms with E-state index in [1.54, 1.807) is 18.9 Å². The van der Waals surface area contributed by atoms with E-state index in [-0.39, 0.29) is 11.2 Å². The molecule has 0 bridgehead atoms. The van der Waals surface area contributed by atoms with Crippen LogP contribution in [-0.2, 0) is 9.53 Å². The fraction of sp³-hybridized carbons (Fsp3) is 0.316. The van der Waals surface area contributed by atoms with Gasteiger partial charge in [0.25, 0.3) is 0 Å². The van der Waals surface area contributed by atoms with Crippen LogP contribution in [0.5, 0.6) is 5.75 Å². The largest absolute Gasteiger partial charge is 0.497 e. The van der Waals surface area contributed by atoms with Crippen molar-refractivity contribution < 1.29 is 14.3 Å². The van der Waals surface area contributed by atoms with Gasteiger partial charge in [-0.2, -0.15) is 0 Å². The molecule has 1 amide bonds. The topological polar surface area (TPSA) is 38.8 Å². The lowest BCUT2D eigenvalue weighted by atomic mass is 10.1. The van der Waals surface area contributed by atoms with Gasteiger partial charge in [-0.25, -0.2) is 0 Å². The van der Waals surface area contributed by atoms with Crippen LogP contribution >= 0.6 is 11.8 Å². The first kappa shape index (κ1) is 16.9. The average Bonchev–Trinajstić information content (AvgIpc) is 2.67. The number of morpholine rings is 1. The second-order valence-electron chi connectivity index (χ2n) is 5.52. The summed E-state index contributed by atoms with van der Waals surface area (Å²) in [5.74, 6) is 0.959. The van der Waals surface area contributed by atoms with Crippen molar-refractivity contribution in [2.24, 2.45) is 0 Å². The van der Waals surface area contributed by atoms with E-state index < -0.39 is 0 Å². The molecule has 1 aliphatic rings. The van der Waals surface area contributed by atoms with Crippen LogP contribution in [0.1, 0.15) is 10.8 Å². The van der Waals surface area contributed by atoms with Gasteiger partial charge in [-0.1, -0.05) is 30.3 Å². The highest BCUT2D eigenvalue weighted by molar-refractivity contribution is 8.00. The number of methoxy groups -OCH3 is 1. The zero-order valence-corrected chi connectivity index (χ0v) is 14.5. The minimum absolute atomic E-state index is 0.144. The van der Waals surface area contributed by atoms with E-state index in [0.29, 0.717) is 26.3 Å². The molecule has 0 N–H and O–H groups in total. The summed E-state index contributed by atoms with van der Waals surface area (Å²) in [5.41, 5.74) is 1.02. The SMILES string of the molecule is COc1ccc(S[C@@H](C(=O)N2CCOCC2)c2ccccc2)cc1. The molecular formula is C19H21NO3S. The summed E-state index contributed by atoms with van der Waals surface area (Å²) in [4.78, 5) is 16.0. The second-order valence-corrected chi connectivity index (χ2v) is 6.70. The molecule has 0 saturated carbocycles. The molecule has 0 aliphatic carbocycles. The van der Waals surface area contributed by atoms with Crippen LogP contribution in [0.4, 0.5) is 0 Å². The standard InChI is InChI=1S/C19H21NO3S/c1-22-16-7-9-17(10-8-16)24-18(15-5-3-2-4-6-15)19(21)20-11-13-23-14-12-20/h2-10,18H,11-14H2,1H3/t18-/m1/s1. The molecule has 0 spiro atoms. The van der Waals surface area contributed by atoms with Crippen LogP contribution < -0.4 is 4.74 Å². The molecule has 1 saturated heterocycles. The van der Waals surface area contributed by atoms with Crippen molar-refractivity contribution in [3.8, 4) is 5.75 Å². The summed E-state index contributed by atoms with van der Waals surface area (Å²) in [7, 11) is 1.65. The van der Waals surface area contributed by atoms with E-state index in [1.807, 2.05) is 59.5 Å². The number of benzene rings is 2. The smallest absolute Gasteiger partial charge is 0.240 e. The number of thioether (sulfide) groups is 1. The molecule has 0 radical (unpaired) electrons. The van der Waals surface area contributed by atoms with Gasteiger partial charge in [-0.05, 0) is 29.8 Å². The maximum Gasteiger partial charge on any atom is 0.240 e. The Kier molecular flexibility index (Phi) is 5.77. The Labute approximate surface area is 146 Å². The van der Waals surface area contributed by atoms with Crippen LogP contribution in [-0.4, -0.2) is 44.2 Å². The highest BCUT2D eigenvalue weighted by Crippen LogP contribution is 2.37. The minimum Gasteiger partial charge on any atom is -0.497 e. The minimum atomic E-state index is -0.252. The zero-order chi connectivity index (χ0) is 16.8. The number of hydrogen-bond donors (Lipinski definition) is 0. The summed E-state index contributed by atoms with van der Waals surface area (Å²) in [6.45, 7) is 2.54. The number of nitrogens with zero attached hydrogens (tertiary/aromatic N) is 1. The highest BCUT2D eigenvalue weighted by Gasteiger charge is 2.28. The summed E-state index contributed by atoms with van der Waals surface area (Å²) < 4.78 is 10.6. The molecule has 5 heteroatoms. The van der Waals surface area contributed by atoms with E-state index in [0.717, 1.165) is 16.2 Å². The van der Waals surface area contributed by atoms with E-state index >= 15 is 0 Å². The zero-order valence-electron chi connectivity index (χ0n) is 13.7. The van der Waals surface area contributed by atoms with Gasteiger partial charge in [0, 0.05) is 18.0 Å². The number of hydrogen-bond acceptors (Lipinski definition) is 4. The number of carbonyl (C=O) groups excluding carboxylic acids is 1. The molecule has 2 aromatic carbocycles. The third kappa shape index (κ3) is 4.10. The molecule has 1 heterocycles. The lowest BCUT2D eigenvalue weighted by molar-refractivity contribution is -0.134. The number of amides is 1. The summed E-state index contributed by atoms with van der Waals surface area (Å²) >= 11 is 1.58. The summed E-state index contributed by atoms with van der Waals surface area (Å²) in [5, 5.41) is -0.252. The molecule has 2 aromatic rings. The molecule has 126 valence electrons. The number of ether oxygens (including phenoxy) is 2. The van der Waals surface area contributed by atoms with Gasteiger partial charge in [0.2, 0.25) is 5.91 Å². The first-order valence-corrected chi connectivity index (χ1v) is 8.88. The van der Waals surface area contributed by atoms with Gasteiger partial charge < -0.3 is 14.4 Å². The van der Waals surface area contributed by atoms with Crippen molar-refractivity contribution in [2.75, 3.05) is 33.4 Å². The van der Waals surface area contributed by atoms with Crippen molar-refractivity contribution in [3.05, 3.63) is 60.2 Å². The van der Waals surface area contributed by atoms with Gasteiger partial charge in [0.1, 0.15) is 11.0 Å². The summed E-state index contributed by atoms with van der Waals surface area (Å²) in [6.07, 6.45) is 0. The highest BCUT2D eigenvalue weighted by atomic mass is 32.2. The van der Waals surface area contributed by atoms with Crippen molar-refractivity contribution in [1.82, 2.24) is 4.90 Å². The average molecular weight is 343 g/mol. The first-order chi connectivity index (χ1) is 11.8. The van der Waals surface area contributed by atoms with Crippen molar-refractivity contribution in [1.29, 1.82) is 0 Å². The van der Waals surface area contributed by atoms with Gasteiger partial charge in [-0.15, -0.1) is 11.8 Å². The Hall–Kier alpha value is -1.98. The Balaban J connectivity index is 1.82. The van der Waals surface area contributed by atoms with Gasteiger partial charge in [0.05, 0.1) is 20.3 Å². The van der Waals surface area contributed by atoms with E-state index in [4.69, 9.17) is 9.47 Å². The van der Waals surface area contributed by atoms with Crippen molar-refractivity contribution in [2.45, 2.75) is 10.1 Å². The molecule has 1 aliphatic heterocycles. The molecule has 1 fully saturated rings. The van der Waals surface area contributed by atoms with Gasteiger partial charge in [0.15, 0.2) is 0 Å². The monoisotopic (exact) mass is 343 g/mol.